The zero-order chi connectivity index (χ0) is 22.1. The highest BCUT2D eigenvalue weighted by Crippen LogP contribution is 2.18. The number of rotatable bonds is 24. The Kier molecular flexibility index (Phi) is 24.2. The van der Waals surface area contributed by atoms with E-state index < -0.39 is 0 Å². The lowest BCUT2D eigenvalue weighted by molar-refractivity contribution is -0.150. The summed E-state index contributed by atoms with van der Waals surface area (Å²) in [5.74, 6) is 0.0459. The van der Waals surface area contributed by atoms with Crippen LogP contribution in [0.2, 0.25) is 0 Å². The first kappa shape index (κ1) is 29.4. The molecular formula is C27H55NO2. The van der Waals surface area contributed by atoms with Gasteiger partial charge < -0.3 is 10.1 Å². The van der Waals surface area contributed by atoms with Crippen molar-refractivity contribution in [2.45, 2.75) is 155 Å². The van der Waals surface area contributed by atoms with Crippen LogP contribution in [0.1, 0.15) is 149 Å². The molecule has 1 N–H and O–H groups in total. The van der Waals surface area contributed by atoms with Crippen LogP contribution < -0.4 is 5.32 Å². The second kappa shape index (κ2) is 24.7. The van der Waals surface area contributed by atoms with Gasteiger partial charge >= 0.3 is 5.97 Å². The van der Waals surface area contributed by atoms with Crippen molar-refractivity contribution in [1.82, 2.24) is 5.32 Å². The third kappa shape index (κ3) is 22.1. The topological polar surface area (TPSA) is 38.3 Å². The molecule has 0 bridgehead atoms. The smallest absolute Gasteiger partial charge is 0.306 e. The minimum atomic E-state index is 0.0459. The fourth-order valence-corrected chi connectivity index (χ4v) is 4.04. The molecule has 0 unspecified atom stereocenters. The van der Waals surface area contributed by atoms with Crippen molar-refractivity contribution in [2.75, 3.05) is 13.1 Å². The van der Waals surface area contributed by atoms with Crippen LogP contribution >= 0.6 is 0 Å². The Morgan fingerprint density at radius 3 is 1.63 bits per heavy atom. The molecule has 0 amide bonds. The molecule has 3 heteroatoms. The SMILES string of the molecule is CCCCCCCCC(CCCCCCCC)OC(=O)CCCCCCCNCC. The molecule has 0 rings (SSSR count). The van der Waals surface area contributed by atoms with Gasteiger partial charge in [0.2, 0.25) is 0 Å². The number of nitrogens with one attached hydrogen (secondary N) is 1. The van der Waals surface area contributed by atoms with Gasteiger partial charge in [-0.05, 0) is 51.6 Å². The van der Waals surface area contributed by atoms with Gasteiger partial charge in [-0.1, -0.05) is 104 Å². The maximum Gasteiger partial charge on any atom is 0.306 e. The van der Waals surface area contributed by atoms with Gasteiger partial charge in [-0.25, -0.2) is 0 Å². The lowest BCUT2D eigenvalue weighted by Gasteiger charge is -2.18. The average Bonchev–Trinajstić information content (AvgIpc) is 2.74. The highest BCUT2D eigenvalue weighted by molar-refractivity contribution is 5.69. The molecule has 0 aliphatic rings. The Labute approximate surface area is 189 Å². The van der Waals surface area contributed by atoms with Crippen molar-refractivity contribution in [1.29, 1.82) is 0 Å². The molecular weight excluding hydrogens is 370 g/mol. The quantitative estimate of drug-likeness (QED) is 0.125. The minimum absolute atomic E-state index is 0.0459. The van der Waals surface area contributed by atoms with Crippen LogP contribution in [-0.4, -0.2) is 25.2 Å². The highest BCUT2D eigenvalue weighted by atomic mass is 16.5. The lowest BCUT2D eigenvalue weighted by Crippen LogP contribution is -2.18. The average molecular weight is 426 g/mol. The maximum absolute atomic E-state index is 12.3. The molecule has 0 aliphatic carbocycles. The molecule has 0 aromatic carbocycles. The molecule has 0 heterocycles. The van der Waals surface area contributed by atoms with Gasteiger partial charge in [-0.2, -0.15) is 0 Å². The predicted octanol–water partition coefficient (Wildman–Crippen LogP) is 8.35. The van der Waals surface area contributed by atoms with Crippen molar-refractivity contribution >= 4 is 5.97 Å². The van der Waals surface area contributed by atoms with E-state index in [0.717, 1.165) is 38.8 Å². The van der Waals surface area contributed by atoms with Crippen LogP contribution in [0.5, 0.6) is 0 Å². The first-order chi connectivity index (χ1) is 14.7. The number of unbranched alkanes of at least 4 members (excludes halogenated alkanes) is 14. The van der Waals surface area contributed by atoms with E-state index in [0.29, 0.717) is 6.42 Å². The van der Waals surface area contributed by atoms with E-state index in [1.165, 1.54) is 96.3 Å². The van der Waals surface area contributed by atoms with E-state index in [1.807, 2.05) is 0 Å². The second-order valence-corrected chi connectivity index (χ2v) is 9.10. The third-order valence-corrected chi connectivity index (χ3v) is 6.04. The molecule has 0 aromatic heterocycles. The lowest BCUT2D eigenvalue weighted by atomic mass is 10.0. The molecule has 0 saturated carbocycles. The summed E-state index contributed by atoms with van der Waals surface area (Å²) in [6, 6.07) is 0. The summed E-state index contributed by atoms with van der Waals surface area (Å²) in [4.78, 5) is 12.3. The standard InChI is InChI=1S/C27H55NO2/c1-4-7-9-11-14-18-22-26(23-19-15-12-10-8-5-2)30-27(29)24-20-16-13-17-21-25-28-6-3/h26,28H,4-25H2,1-3H3. The van der Waals surface area contributed by atoms with Crippen molar-refractivity contribution < 1.29 is 9.53 Å². The number of ether oxygens (including phenoxy) is 1. The Bertz CT molecular complexity index is 330. The molecule has 0 saturated heterocycles. The number of carbonyl (C=O) groups is 1. The molecule has 0 aromatic rings. The predicted molar refractivity (Wildman–Crippen MR) is 132 cm³/mol. The normalized spacial score (nSPS) is 11.3. The molecule has 0 aliphatic heterocycles. The van der Waals surface area contributed by atoms with E-state index >= 15 is 0 Å². The Morgan fingerprint density at radius 1 is 0.633 bits per heavy atom. The van der Waals surface area contributed by atoms with Crippen molar-refractivity contribution in [3.05, 3.63) is 0 Å². The Morgan fingerprint density at radius 2 is 1.10 bits per heavy atom. The molecule has 0 atom stereocenters. The fraction of sp³-hybridized carbons (Fsp3) is 0.963. The summed E-state index contributed by atoms with van der Waals surface area (Å²) >= 11 is 0. The summed E-state index contributed by atoms with van der Waals surface area (Å²) in [5.41, 5.74) is 0. The monoisotopic (exact) mass is 425 g/mol. The van der Waals surface area contributed by atoms with E-state index in [4.69, 9.17) is 4.74 Å². The Balaban J connectivity index is 3.96. The maximum atomic E-state index is 12.3. The third-order valence-electron chi connectivity index (χ3n) is 6.04. The molecule has 0 fully saturated rings. The van der Waals surface area contributed by atoms with Gasteiger partial charge in [-0.3, -0.25) is 4.79 Å². The van der Waals surface area contributed by atoms with Crippen LogP contribution in [0.25, 0.3) is 0 Å². The number of esters is 1. The molecule has 3 nitrogen and oxygen atoms in total. The molecule has 0 radical (unpaired) electrons. The number of hydrogen-bond acceptors (Lipinski definition) is 3. The van der Waals surface area contributed by atoms with E-state index in [9.17, 15) is 4.79 Å². The fourth-order valence-electron chi connectivity index (χ4n) is 4.04. The summed E-state index contributed by atoms with van der Waals surface area (Å²) in [7, 11) is 0. The van der Waals surface area contributed by atoms with E-state index in [1.54, 1.807) is 0 Å². The van der Waals surface area contributed by atoms with Gasteiger partial charge in [0.1, 0.15) is 6.10 Å². The van der Waals surface area contributed by atoms with Crippen LogP contribution in [0.3, 0.4) is 0 Å². The van der Waals surface area contributed by atoms with Crippen molar-refractivity contribution in [2.24, 2.45) is 0 Å². The number of hydrogen-bond donors (Lipinski definition) is 1. The number of carbonyl (C=O) groups excluding carboxylic acids is 1. The largest absolute Gasteiger partial charge is 0.462 e. The van der Waals surface area contributed by atoms with E-state index in [2.05, 4.69) is 26.1 Å². The highest BCUT2D eigenvalue weighted by Gasteiger charge is 2.14. The summed E-state index contributed by atoms with van der Waals surface area (Å²) < 4.78 is 5.92. The van der Waals surface area contributed by atoms with Gasteiger partial charge in [0, 0.05) is 6.42 Å². The van der Waals surface area contributed by atoms with Gasteiger partial charge in [0.15, 0.2) is 0 Å². The van der Waals surface area contributed by atoms with Gasteiger partial charge in [0.05, 0.1) is 0 Å². The molecule has 0 spiro atoms. The summed E-state index contributed by atoms with van der Waals surface area (Å²) in [6.07, 6.45) is 24.5. The minimum Gasteiger partial charge on any atom is -0.462 e. The first-order valence-electron chi connectivity index (χ1n) is 13.6. The second-order valence-electron chi connectivity index (χ2n) is 9.10. The molecule has 180 valence electrons. The summed E-state index contributed by atoms with van der Waals surface area (Å²) in [5, 5.41) is 3.37. The van der Waals surface area contributed by atoms with Gasteiger partial charge in [0.25, 0.3) is 0 Å². The van der Waals surface area contributed by atoms with Crippen LogP contribution in [0.15, 0.2) is 0 Å². The first-order valence-corrected chi connectivity index (χ1v) is 13.6. The summed E-state index contributed by atoms with van der Waals surface area (Å²) in [6.45, 7) is 8.86. The van der Waals surface area contributed by atoms with E-state index in [-0.39, 0.29) is 12.1 Å². The van der Waals surface area contributed by atoms with Crippen molar-refractivity contribution in [3.8, 4) is 0 Å². The van der Waals surface area contributed by atoms with Gasteiger partial charge in [-0.15, -0.1) is 0 Å². The Hall–Kier alpha value is -0.570. The zero-order valence-electron chi connectivity index (χ0n) is 21.0. The van der Waals surface area contributed by atoms with Crippen LogP contribution in [0, 0.1) is 0 Å². The van der Waals surface area contributed by atoms with Crippen LogP contribution in [0.4, 0.5) is 0 Å². The zero-order valence-corrected chi connectivity index (χ0v) is 21.0. The van der Waals surface area contributed by atoms with Crippen molar-refractivity contribution in [3.63, 3.8) is 0 Å². The van der Waals surface area contributed by atoms with Crippen LogP contribution in [-0.2, 0) is 9.53 Å². The molecule has 30 heavy (non-hydrogen) atoms.